The lowest BCUT2D eigenvalue weighted by Gasteiger charge is -2.31. The van der Waals surface area contributed by atoms with Gasteiger partial charge in [0.2, 0.25) is 10.0 Å². The molecule has 118 valence electrons. The molecular weight excluding hydrogens is 286 g/mol. The molecule has 0 aromatic carbocycles. The van der Waals surface area contributed by atoms with Gasteiger partial charge in [-0.2, -0.15) is 0 Å². The predicted octanol–water partition coefficient (Wildman–Crippen LogP) is -0.257. The maximum atomic E-state index is 12.1. The molecule has 0 aromatic rings. The van der Waals surface area contributed by atoms with E-state index in [0.717, 1.165) is 0 Å². The van der Waals surface area contributed by atoms with Gasteiger partial charge in [0, 0.05) is 19.5 Å². The highest BCUT2D eigenvalue weighted by Crippen LogP contribution is 2.17. The summed E-state index contributed by atoms with van der Waals surface area (Å²) in [4.78, 5) is 10.9. The first-order valence-corrected chi connectivity index (χ1v) is 8.37. The summed E-state index contributed by atoms with van der Waals surface area (Å²) in [7, 11) is -2.02. The van der Waals surface area contributed by atoms with Crippen LogP contribution >= 0.6 is 0 Å². The number of methoxy groups -OCH3 is 1. The van der Waals surface area contributed by atoms with Gasteiger partial charge in [0.15, 0.2) is 0 Å². The van der Waals surface area contributed by atoms with Gasteiger partial charge in [-0.3, -0.25) is 4.79 Å². The van der Waals surface area contributed by atoms with Crippen LogP contribution in [0.3, 0.4) is 0 Å². The number of hydrogen-bond donors (Lipinski definition) is 1. The molecule has 1 N–H and O–H groups in total. The molecule has 8 heteroatoms. The maximum absolute atomic E-state index is 12.1. The van der Waals surface area contributed by atoms with Crippen molar-refractivity contribution in [1.29, 1.82) is 0 Å². The van der Waals surface area contributed by atoms with Gasteiger partial charge >= 0.3 is 5.97 Å². The third kappa shape index (κ3) is 5.74. The monoisotopic (exact) mass is 309 g/mol. The minimum absolute atomic E-state index is 0.0173. The smallest absolute Gasteiger partial charge is 0.305 e. The summed E-state index contributed by atoms with van der Waals surface area (Å²) in [5.41, 5.74) is 0. The van der Waals surface area contributed by atoms with E-state index in [-0.39, 0.29) is 37.9 Å². The first kappa shape index (κ1) is 17.4. The van der Waals surface area contributed by atoms with Gasteiger partial charge in [0.1, 0.15) is 0 Å². The molecule has 1 aliphatic heterocycles. The third-order valence-corrected chi connectivity index (χ3v) is 5.21. The van der Waals surface area contributed by atoms with Crippen LogP contribution in [0.2, 0.25) is 0 Å². The quantitative estimate of drug-likeness (QED) is 0.621. The minimum atomic E-state index is -3.31. The normalized spacial score (nSPS) is 18.1. The highest BCUT2D eigenvalue weighted by Gasteiger charge is 2.28. The van der Waals surface area contributed by atoms with E-state index in [0.29, 0.717) is 25.9 Å². The molecule has 1 aliphatic rings. The Labute approximate surface area is 119 Å². The number of nitrogens with zero attached hydrogens (tertiary/aromatic N) is 1. The second-order valence-corrected chi connectivity index (χ2v) is 6.78. The topological polar surface area (TPSA) is 93.1 Å². The van der Waals surface area contributed by atoms with Crippen molar-refractivity contribution in [3.8, 4) is 0 Å². The minimum Gasteiger partial charge on any atom is -0.469 e. The van der Waals surface area contributed by atoms with Gasteiger partial charge in [-0.25, -0.2) is 12.7 Å². The molecule has 0 aromatic heterocycles. The molecule has 0 saturated carbocycles. The summed E-state index contributed by atoms with van der Waals surface area (Å²) in [6.07, 6.45) is 1.68. The number of sulfonamides is 1. The van der Waals surface area contributed by atoms with Gasteiger partial charge in [-0.05, 0) is 19.3 Å². The van der Waals surface area contributed by atoms with E-state index in [1.807, 2.05) is 0 Å². The van der Waals surface area contributed by atoms with E-state index in [1.165, 1.54) is 11.4 Å². The second kappa shape index (κ2) is 8.56. The Morgan fingerprint density at radius 2 is 2.00 bits per heavy atom. The van der Waals surface area contributed by atoms with E-state index in [1.54, 1.807) is 0 Å². The molecule has 0 radical (unpaired) electrons. The zero-order valence-corrected chi connectivity index (χ0v) is 12.6. The average Bonchev–Trinajstić information content (AvgIpc) is 2.45. The molecular formula is C12H23NO6S. The highest BCUT2D eigenvalue weighted by molar-refractivity contribution is 7.89. The second-order valence-electron chi connectivity index (χ2n) is 4.69. The summed E-state index contributed by atoms with van der Waals surface area (Å²) >= 11 is 0. The van der Waals surface area contributed by atoms with Gasteiger partial charge in [0.25, 0.3) is 0 Å². The molecule has 0 spiro atoms. The largest absolute Gasteiger partial charge is 0.469 e. The number of ether oxygens (including phenoxy) is 2. The number of carbonyl (C=O) groups excluding carboxylic acids is 1. The van der Waals surface area contributed by atoms with Gasteiger partial charge in [-0.15, -0.1) is 0 Å². The van der Waals surface area contributed by atoms with E-state index in [2.05, 4.69) is 4.74 Å². The number of carbonyl (C=O) groups is 1. The van der Waals surface area contributed by atoms with Crippen molar-refractivity contribution in [3.63, 3.8) is 0 Å². The Morgan fingerprint density at radius 3 is 2.55 bits per heavy atom. The lowest BCUT2D eigenvalue weighted by molar-refractivity contribution is -0.140. The number of aliphatic hydroxyl groups excluding tert-OH is 1. The van der Waals surface area contributed by atoms with Crippen molar-refractivity contribution < 1.29 is 27.8 Å². The Bertz CT molecular complexity index is 389. The molecule has 0 amide bonds. The zero-order valence-electron chi connectivity index (χ0n) is 11.8. The Balaban J connectivity index is 2.33. The molecule has 0 unspecified atom stereocenters. The standard InChI is InChI=1S/C12H23NO6S/c1-18-12(15)3-2-10-20(16,17)13-6-4-11(5-7-13)19-9-8-14/h11,14H,2-10H2,1H3. The average molecular weight is 309 g/mol. The molecule has 0 atom stereocenters. The number of piperidine rings is 1. The van der Waals surface area contributed by atoms with Crippen molar-refractivity contribution >= 4 is 16.0 Å². The van der Waals surface area contributed by atoms with E-state index in [4.69, 9.17) is 9.84 Å². The van der Waals surface area contributed by atoms with Crippen molar-refractivity contribution in [2.24, 2.45) is 0 Å². The summed E-state index contributed by atoms with van der Waals surface area (Å²) in [5, 5.41) is 8.67. The van der Waals surface area contributed by atoms with Crippen LogP contribution in [-0.4, -0.2) is 69.1 Å². The van der Waals surface area contributed by atoms with Crippen LogP contribution in [0, 0.1) is 0 Å². The fraction of sp³-hybridized carbons (Fsp3) is 0.917. The first-order chi connectivity index (χ1) is 9.49. The molecule has 1 rings (SSSR count). The molecule has 1 saturated heterocycles. The lowest BCUT2D eigenvalue weighted by atomic mass is 10.1. The van der Waals surface area contributed by atoms with Crippen molar-refractivity contribution in [2.45, 2.75) is 31.8 Å². The van der Waals surface area contributed by atoms with Gasteiger partial charge in [-0.1, -0.05) is 0 Å². The third-order valence-electron chi connectivity index (χ3n) is 3.25. The molecule has 1 heterocycles. The van der Waals surface area contributed by atoms with Crippen molar-refractivity contribution in [1.82, 2.24) is 4.31 Å². The fourth-order valence-corrected chi connectivity index (χ4v) is 3.66. The number of hydrogen-bond acceptors (Lipinski definition) is 6. The first-order valence-electron chi connectivity index (χ1n) is 6.76. The van der Waals surface area contributed by atoms with Gasteiger partial charge in [0.05, 0.1) is 32.2 Å². The van der Waals surface area contributed by atoms with Crippen LogP contribution in [-0.2, 0) is 24.3 Å². The molecule has 0 aliphatic carbocycles. The van der Waals surface area contributed by atoms with Crippen LogP contribution < -0.4 is 0 Å². The summed E-state index contributed by atoms with van der Waals surface area (Å²) < 4.78 is 35.5. The molecule has 20 heavy (non-hydrogen) atoms. The lowest BCUT2D eigenvalue weighted by Crippen LogP contribution is -2.42. The van der Waals surface area contributed by atoms with Crippen LogP contribution in [0.4, 0.5) is 0 Å². The fourth-order valence-electron chi connectivity index (χ4n) is 2.13. The predicted molar refractivity (Wildman–Crippen MR) is 72.7 cm³/mol. The number of aliphatic hydroxyl groups is 1. The van der Waals surface area contributed by atoms with Crippen molar-refractivity contribution in [3.05, 3.63) is 0 Å². The van der Waals surface area contributed by atoms with E-state index < -0.39 is 16.0 Å². The van der Waals surface area contributed by atoms with Crippen LogP contribution in [0.25, 0.3) is 0 Å². The maximum Gasteiger partial charge on any atom is 0.305 e. The van der Waals surface area contributed by atoms with Crippen LogP contribution in [0.5, 0.6) is 0 Å². The van der Waals surface area contributed by atoms with Crippen LogP contribution in [0.15, 0.2) is 0 Å². The Morgan fingerprint density at radius 1 is 1.35 bits per heavy atom. The summed E-state index contributed by atoms with van der Waals surface area (Å²) in [6.45, 7) is 1.12. The molecule has 7 nitrogen and oxygen atoms in total. The van der Waals surface area contributed by atoms with E-state index >= 15 is 0 Å². The van der Waals surface area contributed by atoms with Crippen LogP contribution in [0.1, 0.15) is 25.7 Å². The van der Waals surface area contributed by atoms with E-state index in [9.17, 15) is 13.2 Å². The number of rotatable bonds is 8. The molecule has 0 bridgehead atoms. The van der Waals surface area contributed by atoms with Crippen molar-refractivity contribution in [2.75, 3.05) is 39.2 Å². The summed E-state index contributed by atoms with van der Waals surface area (Å²) in [6, 6.07) is 0. The highest BCUT2D eigenvalue weighted by atomic mass is 32.2. The summed E-state index contributed by atoms with van der Waals surface area (Å²) in [5.74, 6) is -0.430. The Kier molecular flexibility index (Phi) is 7.42. The zero-order chi connectivity index (χ0) is 15.0. The molecule has 1 fully saturated rings. The SMILES string of the molecule is COC(=O)CCCS(=O)(=O)N1CCC(OCCO)CC1. The Hall–Kier alpha value is -0.700. The van der Waals surface area contributed by atoms with Gasteiger partial charge < -0.3 is 14.6 Å². The number of esters is 1.